The summed E-state index contributed by atoms with van der Waals surface area (Å²) in [4.78, 5) is 24.3. The second-order valence-corrected chi connectivity index (χ2v) is 6.40. The van der Waals surface area contributed by atoms with E-state index in [0.29, 0.717) is 4.88 Å². The van der Waals surface area contributed by atoms with Gasteiger partial charge in [-0.2, -0.15) is 0 Å². The number of nitro benzene ring substituents is 1. The smallest absolute Gasteiger partial charge is 0.353 e. The van der Waals surface area contributed by atoms with Gasteiger partial charge in [-0.3, -0.25) is 10.1 Å². The molecule has 0 saturated heterocycles. The van der Waals surface area contributed by atoms with E-state index < -0.39 is 10.9 Å². The summed E-state index contributed by atoms with van der Waals surface area (Å²) in [5.74, 6) is -0.249. The number of aryl methyl sites for hydroxylation is 2. The van der Waals surface area contributed by atoms with E-state index in [1.807, 2.05) is 6.07 Å². The maximum absolute atomic E-state index is 12.2. The minimum Gasteiger partial charge on any atom is -0.422 e. The lowest BCUT2D eigenvalue weighted by molar-refractivity contribution is -0.384. The first-order chi connectivity index (χ1) is 10.6. The van der Waals surface area contributed by atoms with Gasteiger partial charge in [-0.1, -0.05) is 12.5 Å². The maximum Gasteiger partial charge on any atom is 0.353 e. The Bertz CT molecular complexity index is 699. The fourth-order valence-corrected chi connectivity index (χ4v) is 3.72. The number of carbonyl (C=O) groups excluding carboxylic acids is 1. The lowest BCUT2D eigenvalue weighted by Gasteiger charge is -2.02. The third-order valence-electron chi connectivity index (χ3n) is 3.69. The van der Waals surface area contributed by atoms with Crippen LogP contribution in [0.3, 0.4) is 0 Å². The molecule has 0 aliphatic heterocycles. The standard InChI is InChI=1S/C16H15NO4S/c18-16(21-13-7-4-6-12(10-13)17(19)20)15-9-11-5-2-1-3-8-14(11)22-15/h4,6-7,9-10H,1-3,5,8H2. The highest BCUT2D eigenvalue weighted by atomic mass is 32.1. The normalized spacial score (nSPS) is 14.0. The van der Waals surface area contributed by atoms with Crippen LogP contribution in [-0.2, 0) is 12.8 Å². The van der Waals surface area contributed by atoms with Gasteiger partial charge >= 0.3 is 5.97 Å². The van der Waals surface area contributed by atoms with E-state index >= 15 is 0 Å². The molecule has 1 aromatic heterocycles. The number of hydrogen-bond acceptors (Lipinski definition) is 5. The molecule has 1 aliphatic carbocycles. The summed E-state index contributed by atoms with van der Waals surface area (Å²) in [6.45, 7) is 0. The summed E-state index contributed by atoms with van der Waals surface area (Å²) >= 11 is 1.48. The SMILES string of the molecule is O=C(Oc1cccc([N+](=O)[O-])c1)c1cc2c(s1)CCCCC2. The van der Waals surface area contributed by atoms with Crippen LogP contribution in [0.2, 0.25) is 0 Å². The predicted molar refractivity (Wildman–Crippen MR) is 83.6 cm³/mol. The second-order valence-electron chi connectivity index (χ2n) is 5.26. The quantitative estimate of drug-likeness (QED) is 0.280. The predicted octanol–water partition coefficient (Wildman–Crippen LogP) is 4.14. The minimum atomic E-state index is -0.509. The molecule has 0 fully saturated rings. The number of ether oxygens (including phenoxy) is 1. The molecule has 0 spiro atoms. The number of nitro groups is 1. The molecule has 0 N–H and O–H groups in total. The summed E-state index contributed by atoms with van der Waals surface area (Å²) in [6, 6.07) is 7.58. The van der Waals surface area contributed by atoms with Gasteiger partial charge in [0.1, 0.15) is 10.6 Å². The van der Waals surface area contributed by atoms with Crippen molar-refractivity contribution < 1.29 is 14.5 Å². The number of rotatable bonds is 3. The van der Waals surface area contributed by atoms with Crippen molar-refractivity contribution >= 4 is 23.0 Å². The zero-order chi connectivity index (χ0) is 15.5. The Labute approximate surface area is 131 Å². The average molecular weight is 317 g/mol. The highest BCUT2D eigenvalue weighted by molar-refractivity contribution is 7.14. The van der Waals surface area contributed by atoms with E-state index in [4.69, 9.17) is 4.74 Å². The molecule has 0 radical (unpaired) electrons. The van der Waals surface area contributed by atoms with Crippen molar-refractivity contribution in [2.24, 2.45) is 0 Å². The molecule has 1 aliphatic rings. The van der Waals surface area contributed by atoms with Crippen LogP contribution in [0.1, 0.15) is 39.4 Å². The van der Waals surface area contributed by atoms with Gasteiger partial charge in [-0.05, 0) is 43.4 Å². The summed E-state index contributed by atoms with van der Waals surface area (Å²) in [5.41, 5.74) is 1.15. The van der Waals surface area contributed by atoms with Gasteiger partial charge in [0.2, 0.25) is 0 Å². The molecule has 0 unspecified atom stereocenters. The Morgan fingerprint density at radius 1 is 1.18 bits per heavy atom. The number of carbonyl (C=O) groups is 1. The first-order valence-electron chi connectivity index (χ1n) is 7.22. The first kappa shape index (κ1) is 14.7. The first-order valence-corrected chi connectivity index (χ1v) is 8.03. The molecule has 22 heavy (non-hydrogen) atoms. The molecule has 0 bridgehead atoms. The van der Waals surface area contributed by atoms with Crippen LogP contribution in [0.4, 0.5) is 5.69 Å². The summed E-state index contributed by atoms with van der Waals surface area (Å²) < 4.78 is 5.27. The van der Waals surface area contributed by atoms with E-state index in [0.717, 1.165) is 25.7 Å². The molecule has 5 nitrogen and oxygen atoms in total. The van der Waals surface area contributed by atoms with Crippen LogP contribution in [-0.4, -0.2) is 10.9 Å². The molecule has 0 atom stereocenters. The van der Waals surface area contributed by atoms with Gasteiger partial charge in [0.25, 0.3) is 5.69 Å². The number of nitrogens with zero attached hydrogens (tertiary/aromatic N) is 1. The lowest BCUT2D eigenvalue weighted by atomic mass is 10.1. The molecule has 0 saturated carbocycles. The van der Waals surface area contributed by atoms with Crippen molar-refractivity contribution in [3.8, 4) is 5.75 Å². The van der Waals surface area contributed by atoms with Crippen molar-refractivity contribution in [1.29, 1.82) is 0 Å². The number of fused-ring (bicyclic) bond motifs is 1. The summed E-state index contributed by atoms with van der Waals surface area (Å²) in [5, 5.41) is 10.7. The van der Waals surface area contributed by atoms with Crippen LogP contribution < -0.4 is 4.74 Å². The molecule has 114 valence electrons. The molecule has 0 amide bonds. The fourth-order valence-electron chi connectivity index (χ4n) is 2.59. The van der Waals surface area contributed by atoms with E-state index in [9.17, 15) is 14.9 Å². The Kier molecular flexibility index (Phi) is 4.20. The molecule has 2 aromatic rings. The summed E-state index contributed by atoms with van der Waals surface area (Å²) in [6.07, 6.45) is 5.57. The zero-order valence-electron chi connectivity index (χ0n) is 11.9. The Morgan fingerprint density at radius 3 is 2.82 bits per heavy atom. The Morgan fingerprint density at radius 2 is 2.00 bits per heavy atom. The molecular formula is C16H15NO4S. The van der Waals surface area contributed by atoms with Crippen molar-refractivity contribution in [1.82, 2.24) is 0 Å². The molecule has 3 rings (SSSR count). The van der Waals surface area contributed by atoms with Gasteiger partial charge in [-0.25, -0.2) is 4.79 Å². The lowest BCUT2D eigenvalue weighted by Crippen LogP contribution is -2.06. The molecule has 1 heterocycles. The van der Waals surface area contributed by atoms with Gasteiger partial charge in [0, 0.05) is 10.9 Å². The number of esters is 1. The number of benzene rings is 1. The average Bonchev–Trinajstić information content (AvgIpc) is 2.79. The number of hydrogen-bond donors (Lipinski definition) is 0. The van der Waals surface area contributed by atoms with E-state index in [1.165, 1.54) is 46.4 Å². The molecule has 6 heteroatoms. The monoisotopic (exact) mass is 317 g/mol. The summed E-state index contributed by atoms with van der Waals surface area (Å²) in [7, 11) is 0. The second kappa shape index (κ2) is 6.27. The highest BCUT2D eigenvalue weighted by Gasteiger charge is 2.18. The van der Waals surface area contributed by atoms with Crippen molar-refractivity contribution in [2.45, 2.75) is 32.1 Å². The zero-order valence-corrected chi connectivity index (χ0v) is 12.7. The van der Waals surface area contributed by atoms with E-state index in [2.05, 4.69) is 0 Å². The minimum absolute atomic E-state index is 0.0905. The van der Waals surface area contributed by atoms with Crippen molar-refractivity contribution in [2.75, 3.05) is 0 Å². The van der Waals surface area contributed by atoms with Crippen molar-refractivity contribution in [3.63, 3.8) is 0 Å². The fraction of sp³-hybridized carbons (Fsp3) is 0.312. The van der Waals surface area contributed by atoms with Crippen molar-refractivity contribution in [3.05, 3.63) is 55.8 Å². The molecular weight excluding hydrogens is 302 g/mol. The van der Waals surface area contributed by atoms with Crippen LogP contribution in [0.15, 0.2) is 30.3 Å². The van der Waals surface area contributed by atoms with Crippen LogP contribution in [0.5, 0.6) is 5.75 Å². The van der Waals surface area contributed by atoms with E-state index in [-0.39, 0.29) is 11.4 Å². The van der Waals surface area contributed by atoms with Gasteiger partial charge in [-0.15, -0.1) is 11.3 Å². The van der Waals surface area contributed by atoms with Gasteiger partial charge in [0.05, 0.1) is 11.0 Å². The largest absolute Gasteiger partial charge is 0.422 e. The van der Waals surface area contributed by atoms with E-state index in [1.54, 1.807) is 6.07 Å². The Hall–Kier alpha value is -2.21. The Balaban J connectivity index is 1.77. The van der Waals surface area contributed by atoms with Crippen LogP contribution in [0.25, 0.3) is 0 Å². The number of thiophene rings is 1. The third kappa shape index (κ3) is 3.17. The van der Waals surface area contributed by atoms with Gasteiger partial charge in [0.15, 0.2) is 0 Å². The topological polar surface area (TPSA) is 69.4 Å². The third-order valence-corrected chi connectivity index (χ3v) is 4.90. The number of non-ortho nitro benzene ring substituents is 1. The molecule has 1 aromatic carbocycles. The maximum atomic E-state index is 12.2. The van der Waals surface area contributed by atoms with Crippen LogP contribution >= 0.6 is 11.3 Å². The highest BCUT2D eigenvalue weighted by Crippen LogP contribution is 2.30. The van der Waals surface area contributed by atoms with Crippen LogP contribution in [0, 0.1) is 10.1 Å². The van der Waals surface area contributed by atoms with Gasteiger partial charge < -0.3 is 4.74 Å².